The summed E-state index contributed by atoms with van der Waals surface area (Å²) in [7, 11) is 1.65. The lowest BCUT2D eigenvalue weighted by Gasteiger charge is -2.13. The number of aromatic nitrogens is 6. The fraction of sp³-hybridized carbons (Fsp3) is 0.0870. The molecule has 2 aromatic carbocycles. The second-order valence-electron chi connectivity index (χ2n) is 7.00. The van der Waals surface area contributed by atoms with Crippen molar-refractivity contribution in [1.29, 1.82) is 0 Å². The van der Waals surface area contributed by atoms with E-state index in [-0.39, 0.29) is 5.95 Å². The molecule has 0 unspecified atom stereocenters. The van der Waals surface area contributed by atoms with Crippen molar-refractivity contribution in [2.75, 3.05) is 18.2 Å². The fourth-order valence-electron chi connectivity index (χ4n) is 3.30. The number of anilines is 3. The number of hydrogen-bond acceptors (Lipinski definition) is 10. The predicted octanol–water partition coefficient (Wildman–Crippen LogP) is 4.81. The fourth-order valence-corrected chi connectivity index (χ4v) is 4.80. The highest BCUT2D eigenvalue weighted by Crippen LogP contribution is 2.34. The SMILES string of the molecule is COc1ccccc1-n1c(SCc2nc(N)nc(Nc3ccccc3)n2)nnc1-c1cccs1. The topological polar surface area (TPSA) is 117 Å². The quantitative estimate of drug-likeness (QED) is 0.297. The first kappa shape index (κ1) is 21.9. The Morgan fingerprint density at radius 1 is 0.971 bits per heavy atom. The van der Waals surface area contributed by atoms with Crippen molar-refractivity contribution in [3.8, 4) is 22.1 Å². The number of nitrogen functional groups attached to an aromatic ring is 1. The van der Waals surface area contributed by atoms with Crippen LogP contribution in [0.4, 0.5) is 17.6 Å². The summed E-state index contributed by atoms with van der Waals surface area (Å²) in [5.41, 5.74) is 7.66. The van der Waals surface area contributed by atoms with Gasteiger partial charge in [0, 0.05) is 5.69 Å². The lowest BCUT2D eigenvalue weighted by atomic mass is 10.3. The largest absolute Gasteiger partial charge is 0.495 e. The first-order valence-corrected chi connectivity index (χ1v) is 12.2. The van der Waals surface area contributed by atoms with Crippen LogP contribution in [-0.2, 0) is 5.75 Å². The molecule has 0 amide bonds. The van der Waals surface area contributed by atoms with Gasteiger partial charge in [-0.05, 0) is 35.7 Å². The maximum Gasteiger partial charge on any atom is 0.232 e. The molecule has 0 radical (unpaired) electrons. The third-order valence-corrected chi connectivity index (χ3v) is 6.55. The molecule has 9 nitrogen and oxygen atoms in total. The number of rotatable bonds is 8. The Morgan fingerprint density at radius 2 is 1.79 bits per heavy atom. The standard InChI is InChI=1S/C23H20N8OS2/c1-32-17-11-6-5-10-16(17)31-20(18-12-7-13-33-18)29-30-23(31)34-14-19-26-21(24)28-22(27-19)25-15-8-3-2-4-9-15/h2-13H,14H2,1H3,(H3,24,25,26,27,28). The lowest BCUT2D eigenvalue weighted by Crippen LogP contribution is -2.07. The van der Waals surface area contributed by atoms with Crippen LogP contribution >= 0.6 is 23.1 Å². The van der Waals surface area contributed by atoms with Gasteiger partial charge in [-0.1, -0.05) is 48.2 Å². The molecule has 0 saturated heterocycles. The van der Waals surface area contributed by atoms with E-state index in [1.54, 1.807) is 18.4 Å². The molecule has 170 valence electrons. The molecule has 0 spiro atoms. The van der Waals surface area contributed by atoms with Crippen LogP contribution in [0.2, 0.25) is 0 Å². The Bertz CT molecular complexity index is 1390. The van der Waals surface area contributed by atoms with Crippen LogP contribution in [0.3, 0.4) is 0 Å². The zero-order chi connectivity index (χ0) is 23.3. The molecule has 3 N–H and O–H groups in total. The Labute approximate surface area is 204 Å². The molecule has 34 heavy (non-hydrogen) atoms. The van der Waals surface area contributed by atoms with E-state index >= 15 is 0 Å². The van der Waals surface area contributed by atoms with E-state index in [0.717, 1.165) is 27.8 Å². The maximum absolute atomic E-state index is 5.95. The molecule has 5 rings (SSSR count). The van der Waals surface area contributed by atoms with Gasteiger partial charge in [0.2, 0.25) is 11.9 Å². The molecule has 0 aliphatic carbocycles. The summed E-state index contributed by atoms with van der Waals surface area (Å²) < 4.78 is 7.60. The van der Waals surface area contributed by atoms with Crippen LogP contribution in [0.25, 0.3) is 16.4 Å². The minimum absolute atomic E-state index is 0.148. The molecule has 0 saturated carbocycles. The van der Waals surface area contributed by atoms with Gasteiger partial charge in [-0.25, -0.2) is 0 Å². The number of ether oxygens (including phenoxy) is 1. The molecule has 5 aromatic rings. The van der Waals surface area contributed by atoms with E-state index < -0.39 is 0 Å². The van der Waals surface area contributed by atoms with Crippen molar-refractivity contribution in [2.24, 2.45) is 0 Å². The van der Waals surface area contributed by atoms with Gasteiger partial charge in [-0.2, -0.15) is 15.0 Å². The second kappa shape index (κ2) is 9.89. The van der Waals surface area contributed by atoms with Gasteiger partial charge in [0.05, 0.1) is 23.4 Å². The van der Waals surface area contributed by atoms with Crippen molar-refractivity contribution >= 4 is 40.7 Å². The molecule has 3 heterocycles. The van der Waals surface area contributed by atoms with Crippen molar-refractivity contribution in [3.05, 3.63) is 77.9 Å². The van der Waals surface area contributed by atoms with Gasteiger partial charge in [-0.15, -0.1) is 21.5 Å². The lowest BCUT2D eigenvalue weighted by molar-refractivity contribution is 0.412. The molecule has 0 aliphatic rings. The normalized spacial score (nSPS) is 10.9. The highest BCUT2D eigenvalue weighted by Gasteiger charge is 2.20. The number of para-hydroxylation sites is 3. The van der Waals surface area contributed by atoms with Gasteiger partial charge < -0.3 is 15.8 Å². The van der Waals surface area contributed by atoms with Crippen molar-refractivity contribution in [2.45, 2.75) is 10.9 Å². The number of nitrogens with two attached hydrogens (primary N) is 1. The van der Waals surface area contributed by atoms with Crippen molar-refractivity contribution < 1.29 is 4.74 Å². The van der Waals surface area contributed by atoms with Crippen LogP contribution in [0.15, 0.2) is 77.3 Å². The first-order chi connectivity index (χ1) is 16.7. The smallest absolute Gasteiger partial charge is 0.232 e. The number of nitrogens with zero attached hydrogens (tertiary/aromatic N) is 6. The van der Waals surface area contributed by atoms with E-state index in [2.05, 4.69) is 30.5 Å². The number of nitrogens with one attached hydrogen (secondary N) is 1. The van der Waals surface area contributed by atoms with Crippen LogP contribution in [0, 0.1) is 0 Å². The minimum atomic E-state index is 0.148. The van der Waals surface area contributed by atoms with E-state index in [1.807, 2.05) is 76.7 Å². The number of hydrogen-bond donors (Lipinski definition) is 2. The molecule has 0 bridgehead atoms. The van der Waals surface area contributed by atoms with Crippen LogP contribution in [-0.4, -0.2) is 36.8 Å². The highest BCUT2D eigenvalue weighted by atomic mass is 32.2. The highest BCUT2D eigenvalue weighted by molar-refractivity contribution is 7.98. The molecule has 11 heteroatoms. The Kier molecular flexibility index (Phi) is 6.36. The van der Waals surface area contributed by atoms with Gasteiger partial charge in [0.15, 0.2) is 11.0 Å². The molecular weight excluding hydrogens is 468 g/mol. The Morgan fingerprint density at radius 3 is 2.59 bits per heavy atom. The summed E-state index contributed by atoms with van der Waals surface area (Å²) in [6.07, 6.45) is 0. The molecule has 0 aliphatic heterocycles. The molecular formula is C23H20N8OS2. The maximum atomic E-state index is 5.95. The van der Waals surface area contributed by atoms with E-state index in [0.29, 0.717) is 22.7 Å². The molecule has 0 atom stereocenters. The zero-order valence-corrected chi connectivity index (χ0v) is 19.8. The Hall–Kier alpha value is -3.96. The Balaban J connectivity index is 1.46. The van der Waals surface area contributed by atoms with Crippen LogP contribution < -0.4 is 15.8 Å². The summed E-state index contributed by atoms with van der Waals surface area (Å²) in [6.45, 7) is 0. The number of thioether (sulfide) groups is 1. The predicted molar refractivity (Wildman–Crippen MR) is 135 cm³/mol. The van der Waals surface area contributed by atoms with E-state index in [1.165, 1.54) is 11.8 Å². The average molecular weight is 489 g/mol. The van der Waals surface area contributed by atoms with Crippen molar-refractivity contribution in [1.82, 2.24) is 29.7 Å². The van der Waals surface area contributed by atoms with E-state index in [9.17, 15) is 0 Å². The van der Waals surface area contributed by atoms with Gasteiger partial charge in [0.25, 0.3) is 0 Å². The monoisotopic (exact) mass is 488 g/mol. The van der Waals surface area contributed by atoms with Crippen LogP contribution in [0.1, 0.15) is 5.82 Å². The first-order valence-electron chi connectivity index (χ1n) is 10.3. The van der Waals surface area contributed by atoms with E-state index in [4.69, 9.17) is 10.5 Å². The third-order valence-electron chi connectivity index (χ3n) is 4.76. The summed E-state index contributed by atoms with van der Waals surface area (Å²) in [5.74, 6) is 2.95. The van der Waals surface area contributed by atoms with Crippen molar-refractivity contribution in [3.63, 3.8) is 0 Å². The van der Waals surface area contributed by atoms with Gasteiger partial charge >= 0.3 is 0 Å². The summed E-state index contributed by atoms with van der Waals surface area (Å²) >= 11 is 3.06. The molecule has 0 fully saturated rings. The number of methoxy groups -OCH3 is 1. The number of benzene rings is 2. The zero-order valence-electron chi connectivity index (χ0n) is 18.1. The second-order valence-corrected chi connectivity index (χ2v) is 8.89. The summed E-state index contributed by atoms with van der Waals surface area (Å²) in [4.78, 5) is 14.0. The molecule has 3 aromatic heterocycles. The van der Waals surface area contributed by atoms with Gasteiger partial charge in [0.1, 0.15) is 11.6 Å². The van der Waals surface area contributed by atoms with Gasteiger partial charge in [-0.3, -0.25) is 4.57 Å². The summed E-state index contributed by atoms with van der Waals surface area (Å²) in [5, 5.41) is 14.8. The van der Waals surface area contributed by atoms with Crippen LogP contribution in [0.5, 0.6) is 5.75 Å². The minimum Gasteiger partial charge on any atom is -0.495 e. The summed E-state index contributed by atoms with van der Waals surface area (Å²) in [6, 6.07) is 21.4. The third kappa shape index (κ3) is 4.70. The number of thiophene rings is 1. The average Bonchev–Trinajstić information content (AvgIpc) is 3.53.